The Labute approximate surface area is 116 Å². The first-order valence-electron chi connectivity index (χ1n) is 6.58. The number of piperidine rings is 1. The van der Waals surface area contributed by atoms with E-state index in [4.69, 9.17) is 0 Å². The van der Waals surface area contributed by atoms with E-state index in [-0.39, 0.29) is 11.6 Å². The molecule has 0 aromatic heterocycles. The van der Waals surface area contributed by atoms with Crippen LogP contribution < -0.4 is 0 Å². The van der Waals surface area contributed by atoms with Crippen LogP contribution in [-0.4, -0.2) is 35.0 Å². The van der Waals surface area contributed by atoms with Crippen LogP contribution in [0.1, 0.15) is 31.2 Å². The first-order valence-corrected chi connectivity index (χ1v) is 6.58. The lowest BCUT2D eigenvalue weighted by Crippen LogP contribution is -2.47. The monoisotopic (exact) mass is 280 g/mol. The highest BCUT2D eigenvalue weighted by molar-refractivity contribution is 5.60. The van der Waals surface area contributed by atoms with Crippen LogP contribution in [0.4, 0.5) is 10.1 Å². The number of carbonyl (C=O) groups is 1. The molecule has 1 atom stereocenters. The molecule has 1 aliphatic rings. The molecule has 5 nitrogen and oxygen atoms in total. The number of aldehydes is 1. The third-order valence-corrected chi connectivity index (χ3v) is 3.90. The van der Waals surface area contributed by atoms with Crippen LogP contribution in [0.2, 0.25) is 0 Å². The maximum atomic E-state index is 13.9. The third kappa shape index (κ3) is 3.01. The summed E-state index contributed by atoms with van der Waals surface area (Å²) < 4.78 is 13.9. The normalized spacial score (nSPS) is 20.3. The van der Waals surface area contributed by atoms with Gasteiger partial charge in [0.2, 0.25) is 5.79 Å². The van der Waals surface area contributed by atoms with E-state index in [1.165, 1.54) is 24.0 Å². The molecule has 1 aliphatic heterocycles. The van der Waals surface area contributed by atoms with Crippen LogP contribution in [0, 0.1) is 10.1 Å². The van der Waals surface area contributed by atoms with Crippen molar-refractivity contribution in [3.8, 4) is 0 Å². The Kier molecular flexibility index (Phi) is 4.13. The molecule has 0 aliphatic carbocycles. The Morgan fingerprint density at radius 2 is 1.90 bits per heavy atom. The van der Waals surface area contributed by atoms with Crippen molar-refractivity contribution < 1.29 is 14.1 Å². The van der Waals surface area contributed by atoms with Gasteiger partial charge in [-0.3, -0.25) is 19.8 Å². The summed E-state index contributed by atoms with van der Waals surface area (Å²) in [6.45, 7) is 2.28. The van der Waals surface area contributed by atoms with Crippen LogP contribution in [0.25, 0.3) is 0 Å². The Balaban J connectivity index is 2.00. The maximum absolute atomic E-state index is 13.9. The van der Waals surface area contributed by atoms with Crippen molar-refractivity contribution in [1.29, 1.82) is 0 Å². The van der Waals surface area contributed by atoms with Crippen molar-refractivity contribution >= 4 is 12.0 Å². The van der Waals surface area contributed by atoms with E-state index in [2.05, 4.69) is 0 Å². The minimum absolute atomic E-state index is 0.0727. The Morgan fingerprint density at radius 3 is 2.35 bits per heavy atom. The van der Waals surface area contributed by atoms with Gasteiger partial charge in [-0.2, -0.15) is 0 Å². The number of non-ortho nitro benzene ring substituents is 1. The summed E-state index contributed by atoms with van der Waals surface area (Å²) in [6.07, 6.45) is 1.82. The number of carbonyl (C=O) groups excluding carboxylic acids is 1. The SMILES string of the molecule is CC(F)(C=O)N1CCC(c2ccc([N+](=O)[O-])cc2)CC1. The summed E-state index contributed by atoms with van der Waals surface area (Å²) in [5, 5.41) is 10.6. The number of alkyl halides is 1. The fraction of sp³-hybridized carbons (Fsp3) is 0.500. The first-order chi connectivity index (χ1) is 9.44. The Morgan fingerprint density at radius 1 is 1.35 bits per heavy atom. The summed E-state index contributed by atoms with van der Waals surface area (Å²) in [7, 11) is 0. The number of likely N-dealkylation sites (tertiary alicyclic amines) is 1. The highest BCUT2D eigenvalue weighted by atomic mass is 19.1. The Hall–Kier alpha value is -1.82. The molecule has 0 amide bonds. The summed E-state index contributed by atoms with van der Waals surface area (Å²) in [6, 6.07) is 6.50. The molecule has 2 rings (SSSR count). The number of nitro groups is 1. The molecule has 0 spiro atoms. The maximum Gasteiger partial charge on any atom is 0.269 e. The van der Waals surface area contributed by atoms with Crippen molar-refractivity contribution in [2.45, 2.75) is 31.5 Å². The molecule has 0 N–H and O–H groups in total. The topological polar surface area (TPSA) is 63.5 Å². The zero-order chi connectivity index (χ0) is 14.8. The van der Waals surface area contributed by atoms with Gasteiger partial charge in [0.05, 0.1) is 4.92 Å². The van der Waals surface area contributed by atoms with Crippen LogP contribution in [0.15, 0.2) is 24.3 Å². The number of halogens is 1. The second kappa shape index (κ2) is 5.66. The van der Waals surface area contributed by atoms with Crippen molar-refractivity contribution in [3.05, 3.63) is 39.9 Å². The van der Waals surface area contributed by atoms with Crippen LogP contribution in [-0.2, 0) is 4.79 Å². The molecule has 0 saturated carbocycles. The van der Waals surface area contributed by atoms with Gasteiger partial charge in [0.25, 0.3) is 5.69 Å². The van der Waals surface area contributed by atoms with Crippen molar-refractivity contribution in [1.82, 2.24) is 4.90 Å². The smallest absolute Gasteiger partial charge is 0.269 e. The average molecular weight is 280 g/mol. The summed E-state index contributed by atoms with van der Waals surface area (Å²) in [4.78, 5) is 22.4. The standard InChI is InChI=1S/C14H17FN2O3/c1-14(15,10-18)16-8-6-12(7-9-16)11-2-4-13(5-3-11)17(19)20/h2-5,10,12H,6-9H2,1H3. The fourth-order valence-electron chi connectivity index (χ4n) is 2.59. The highest BCUT2D eigenvalue weighted by Crippen LogP contribution is 2.31. The number of nitro benzene ring substituents is 1. The minimum Gasteiger partial charge on any atom is -0.298 e. The molecule has 1 unspecified atom stereocenters. The predicted molar refractivity (Wildman–Crippen MR) is 72.2 cm³/mol. The molecule has 1 saturated heterocycles. The van der Waals surface area contributed by atoms with E-state index in [1.54, 1.807) is 12.1 Å². The van der Waals surface area contributed by atoms with Crippen LogP contribution >= 0.6 is 0 Å². The zero-order valence-corrected chi connectivity index (χ0v) is 11.3. The summed E-state index contributed by atoms with van der Waals surface area (Å²) >= 11 is 0. The molecule has 1 heterocycles. The molecule has 6 heteroatoms. The lowest BCUT2D eigenvalue weighted by atomic mass is 9.89. The van der Waals surface area contributed by atoms with Gasteiger partial charge >= 0.3 is 0 Å². The largest absolute Gasteiger partial charge is 0.298 e. The van der Waals surface area contributed by atoms with Crippen LogP contribution in [0.3, 0.4) is 0 Å². The van der Waals surface area contributed by atoms with Gasteiger partial charge in [-0.05, 0) is 31.2 Å². The van der Waals surface area contributed by atoms with E-state index in [1.807, 2.05) is 0 Å². The molecule has 1 aromatic carbocycles. The van der Waals surface area contributed by atoms with Crippen molar-refractivity contribution in [3.63, 3.8) is 0 Å². The van der Waals surface area contributed by atoms with Crippen molar-refractivity contribution in [2.75, 3.05) is 13.1 Å². The molecule has 20 heavy (non-hydrogen) atoms. The lowest BCUT2D eigenvalue weighted by Gasteiger charge is -2.37. The quantitative estimate of drug-likeness (QED) is 0.368. The second-order valence-corrected chi connectivity index (χ2v) is 5.25. The van der Waals surface area contributed by atoms with E-state index in [0.29, 0.717) is 19.4 Å². The van der Waals surface area contributed by atoms with Crippen LogP contribution in [0.5, 0.6) is 0 Å². The second-order valence-electron chi connectivity index (χ2n) is 5.25. The number of rotatable bonds is 4. The van der Waals surface area contributed by atoms with Gasteiger partial charge in [-0.25, -0.2) is 4.39 Å². The zero-order valence-electron chi connectivity index (χ0n) is 11.3. The molecular weight excluding hydrogens is 263 g/mol. The molecule has 0 bridgehead atoms. The van der Waals surface area contributed by atoms with E-state index >= 15 is 0 Å². The third-order valence-electron chi connectivity index (χ3n) is 3.90. The molecule has 1 fully saturated rings. The highest BCUT2D eigenvalue weighted by Gasteiger charge is 2.34. The fourth-order valence-corrected chi connectivity index (χ4v) is 2.59. The summed E-state index contributed by atoms with van der Waals surface area (Å²) in [5.74, 6) is -1.64. The Bertz CT molecular complexity index is 494. The number of nitrogens with zero attached hydrogens (tertiary/aromatic N) is 2. The average Bonchev–Trinajstić information content (AvgIpc) is 2.47. The van der Waals surface area contributed by atoms with Gasteiger partial charge in [0, 0.05) is 25.2 Å². The molecule has 0 radical (unpaired) electrons. The minimum atomic E-state index is -1.90. The molecule has 1 aromatic rings. The van der Waals surface area contributed by atoms with Gasteiger partial charge in [0.15, 0.2) is 6.29 Å². The first kappa shape index (κ1) is 14.6. The lowest BCUT2D eigenvalue weighted by molar-refractivity contribution is -0.384. The van der Waals surface area contributed by atoms with Gasteiger partial charge < -0.3 is 0 Å². The van der Waals surface area contributed by atoms with Crippen molar-refractivity contribution in [2.24, 2.45) is 0 Å². The molecular formula is C14H17FN2O3. The predicted octanol–water partition coefficient (Wildman–Crippen LogP) is 2.66. The number of hydrogen-bond acceptors (Lipinski definition) is 4. The molecule has 108 valence electrons. The number of hydrogen-bond donors (Lipinski definition) is 0. The van der Waals surface area contributed by atoms with Gasteiger partial charge in [-0.1, -0.05) is 12.1 Å². The van der Waals surface area contributed by atoms with E-state index in [0.717, 1.165) is 18.4 Å². The van der Waals surface area contributed by atoms with Gasteiger partial charge in [-0.15, -0.1) is 0 Å². The number of benzene rings is 1. The van der Waals surface area contributed by atoms with Gasteiger partial charge in [0.1, 0.15) is 0 Å². The van der Waals surface area contributed by atoms with E-state index < -0.39 is 10.7 Å². The summed E-state index contributed by atoms with van der Waals surface area (Å²) in [5.41, 5.74) is 1.10. The van der Waals surface area contributed by atoms with E-state index in [9.17, 15) is 19.3 Å².